The first-order chi connectivity index (χ1) is 8.31. The molecule has 0 bridgehead atoms. The third-order valence-electron chi connectivity index (χ3n) is 1.56. The number of hydrogen-bond donors (Lipinski definition) is 6. The van der Waals surface area contributed by atoms with E-state index >= 15 is 0 Å². The van der Waals surface area contributed by atoms with Crippen LogP contribution in [0.15, 0.2) is 4.99 Å². The topological polar surface area (TPSA) is 185 Å². The summed E-state index contributed by atoms with van der Waals surface area (Å²) in [4.78, 5) is 23.2. The molecule has 0 aromatic heterocycles. The maximum absolute atomic E-state index is 9.72. The normalized spacial score (nSPS) is 10.8. The van der Waals surface area contributed by atoms with Crippen LogP contribution >= 0.6 is 0 Å². The molecular formula is C9H20N4O5. The minimum absolute atomic E-state index is 0.159. The van der Waals surface area contributed by atoms with Crippen LogP contribution in [0.2, 0.25) is 0 Å². The van der Waals surface area contributed by atoms with E-state index in [2.05, 4.69) is 4.99 Å². The van der Waals surface area contributed by atoms with E-state index < -0.39 is 24.5 Å². The predicted molar refractivity (Wildman–Crippen MR) is 64.9 cm³/mol. The van der Waals surface area contributed by atoms with E-state index in [4.69, 9.17) is 32.5 Å². The van der Waals surface area contributed by atoms with Crippen molar-refractivity contribution in [2.45, 2.75) is 25.4 Å². The fourth-order valence-corrected chi connectivity index (χ4v) is 0.717. The Bertz CT molecular complexity index is 278. The molecule has 0 radical (unpaired) electrons. The number of hydrogen-bond acceptors (Lipinski definition) is 5. The number of nitrogens with zero attached hydrogens (tertiary/aromatic N) is 1. The highest BCUT2D eigenvalue weighted by Gasteiger charge is 2.16. The quantitative estimate of drug-likeness (QED) is 0.171. The van der Waals surface area contributed by atoms with Gasteiger partial charge in [0.2, 0.25) is 0 Å². The average molecular weight is 264 g/mol. The number of guanidine groups is 1. The number of rotatable bonds is 7. The summed E-state index contributed by atoms with van der Waals surface area (Å²) in [6, 6.07) is 0. The zero-order chi connectivity index (χ0) is 14.6. The van der Waals surface area contributed by atoms with Gasteiger partial charge in [0.25, 0.3) is 0 Å². The zero-order valence-corrected chi connectivity index (χ0v) is 9.95. The maximum Gasteiger partial charge on any atom is 0.333 e. The summed E-state index contributed by atoms with van der Waals surface area (Å²) in [6.45, 7) is 1.40. The molecule has 0 rings (SSSR count). The summed E-state index contributed by atoms with van der Waals surface area (Å²) in [5.41, 5.74) is 15.4. The average Bonchev–Trinajstić information content (AvgIpc) is 2.24. The van der Waals surface area contributed by atoms with Crippen molar-refractivity contribution >= 4 is 17.9 Å². The van der Waals surface area contributed by atoms with Gasteiger partial charge in [-0.05, 0) is 19.4 Å². The fraction of sp³-hybridized carbons (Fsp3) is 0.667. The number of carboxylic acid groups (broad SMARTS) is 2. The summed E-state index contributed by atoms with van der Waals surface area (Å²) in [7, 11) is 0. The van der Waals surface area contributed by atoms with Crippen LogP contribution in [0.5, 0.6) is 0 Å². The van der Waals surface area contributed by atoms with E-state index in [1.54, 1.807) is 0 Å². The Morgan fingerprint density at radius 2 is 1.72 bits per heavy atom. The SMILES string of the molecule is NCCCCN=C(N)N.O=C(O)CC(O)C(=O)O. The molecule has 0 aliphatic heterocycles. The van der Waals surface area contributed by atoms with E-state index in [-0.39, 0.29) is 5.96 Å². The van der Waals surface area contributed by atoms with Crippen molar-refractivity contribution in [2.75, 3.05) is 13.1 Å². The van der Waals surface area contributed by atoms with Crippen LogP contribution in [0, 0.1) is 0 Å². The van der Waals surface area contributed by atoms with Gasteiger partial charge in [-0.1, -0.05) is 0 Å². The van der Waals surface area contributed by atoms with Crippen LogP contribution in [0.4, 0.5) is 0 Å². The van der Waals surface area contributed by atoms with Crippen molar-refractivity contribution in [3.63, 3.8) is 0 Å². The number of aliphatic imine (C=N–C) groups is 1. The van der Waals surface area contributed by atoms with Crippen LogP contribution < -0.4 is 17.2 Å². The van der Waals surface area contributed by atoms with Gasteiger partial charge in [-0.3, -0.25) is 9.79 Å². The molecule has 1 unspecified atom stereocenters. The molecule has 0 heterocycles. The molecule has 0 spiro atoms. The molecule has 0 aliphatic carbocycles. The van der Waals surface area contributed by atoms with Gasteiger partial charge in [0.1, 0.15) is 0 Å². The van der Waals surface area contributed by atoms with E-state index in [0.717, 1.165) is 12.8 Å². The largest absolute Gasteiger partial charge is 0.481 e. The molecule has 9 nitrogen and oxygen atoms in total. The van der Waals surface area contributed by atoms with Gasteiger partial charge in [0.05, 0.1) is 6.42 Å². The molecule has 0 amide bonds. The summed E-state index contributed by atoms with van der Waals surface area (Å²) >= 11 is 0. The molecule has 0 aromatic carbocycles. The van der Waals surface area contributed by atoms with Crippen LogP contribution in [0.3, 0.4) is 0 Å². The Kier molecular flexibility index (Phi) is 11.9. The number of nitrogens with two attached hydrogens (primary N) is 3. The van der Waals surface area contributed by atoms with Gasteiger partial charge < -0.3 is 32.5 Å². The van der Waals surface area contributed by atoms with Crippen LogP contribution in [0.25, 0.3) is 0 Å². The first-order valence-electron chi connectivity index (χ1n) is 5.19. The summed E-state index contributed by atoms with van der Waals surface area (Å²) in [6.07, 6.45) is -0.594. The molecule has 0 aromatic rings. The molecule has 1 atom stereocenters. The van der Waals surface area contributed by atoms with Gasteiger partial charge in [0.15, 0.2) is 12.1 Å². The lowest BCUT2D eigenvalue weighted by atomic mass is 10.3. The minimum Gasteiger partial charge on any atom is -0.481 e. The monoisotopic (exact) mass is 264 g/mol. The Hall–Kier alpha value is -1.87. The van der Waals surface area contributed by atoms with E-state index in [9.17, 15) is 9.59 Å². The van der Waals surface area contributed by atoms with Gasteiger partial charge in [-0.15, -0.1) is 0 Å². The molecule has 18 heavy (non-hydrogen) atoms. The maximum atomic E-state index is 9.72. The Balaban J connectivity index is 0. The first kappa shape index (κ1) is 18.5. The second-order valence-corrected chi connectivity index (χ2v) is 3.25. The second kappa shape index (κ2) is 11.6. The van der Waals surface area contributed by atoms with Crippen molar-refractivity contribution in [1.29, 1.82) is 0 Å². The molecule has 0 fully saturated rings. The number of aliphatic hydroxyl groups excluding tert-OH is 1. The third kappa shape index (κ3) is 16.6. The molecule has 0 saturated heterocycles. The lowest BCUT2D eigenvalue weighted by molar-refractivity contribution is -0.152. The highest BCUT2D eigenvalue weighted by Crippen LogP contribution is 1.89. The number of carbonyl (C=O) groups is 2. The standard InChI is InChI=1S/C5H14N4.C4H6O5/c6-3-1-2-4-9-5(7)8;5-2(4(8)9)1-3(6)7/h1-4,6H2,(H4,7,8,9);2,5H,1H2,(H,6,7)(H,8,9). The van der Waals surface area contributed by atoms with E-state index in [1.165, 1.54) is 0 Å². The Morgan fingerprint density at radius 1 is 1.17 bits per heavy atom. The van der Waals surface area contributed by atoms with Crippen LogP contribution in [0.1, 0.15) is 19.3 Å². The number of carboxylic acids is 2. The highest BCUT2D eigenvalue weighted by molar-refractivity contribution is 5.79. The number of aliphatic hydroxyl groups is 1. The summed E-state index contributed by atoms with van der Waals surface area (Å²) in [5, 5.41) is 24.1. The van der Waals surface area contributed by atoms with Gasteiger partial charge in [-0.25, -0.2) is 4.79 Å². The van der Waals surface area contributed by atoms with Gasteiger partial charge in [-0.2, -0.15) is 0 Å². The van der Waals surface area contributed by atoms with Crippen molar-refractivity contribution < 1.29 is 24.9 Å². The fourth-order valence-electron chi connectivity index (χ4n) is 0.717. The van der Waals surface area contributed by atoms with E-state index in [0.29, 0.717) is 13.1 Å². The van der Waals surface area contributed by atoms with E-state index in [1.807, 2.05) is 0 Å². The molecule has 9 N–H and O–H groups in total. The molecule has 106 valence electrons. The summed E-state index contributed by atoms with van der Waals surface area (Å²) < 4.78 is 0. The van der Waals surface area contributed by atoms with Crippen LogP contribution in [-0.2, 0) is 9.59 Å². The van der Waals surface area contributed by atoms with Crippen molar-refractivity contribution in [3.05, 3.63) is 0 Å². The van der Waals surface area contributed by atoms with Crippen molar-refractivity contribution in [3.8, 4) is 0 Å². The van der Waals surface area contributed by atoms with Gasteiger partial charge in [0, 0.05) is 6.54 Å². The predicted octanol–water partition coefficient (Wildman–Crippen LogP) is -2.09. The van der Waals surface area contributed by atoms with Crippen molar-refractivity contribution in [2.24, 2.45) is 22.2 Å². The third-order valence-corrected chi connectivity index (χ3v) is 1.56. The Morgan fingerprint density at radius 3 is 2.00 bits per heavy atom. The zero-order valence-electron chi connectivity index (χ0n) is 9.95. The molecule has 0 aliphatic rings. The lowest BCUT2D eigenvalue weighted by Gasteiger charge is -1.97. The van der Waals surface area contributed by atoms with Crippen molar-refractivity contribution in [1.82, 2.24) is 0 Å². The second-order valence-electron chi connectivity index (χ2n) is 3.25. The number of aliphatic carboxylic acids is 2. The molecular weight excluding hydrogens is 244 g/mol. The van der Waals surface area contributed by atoms with Gasteiger partial charge >= 0.3 is 11.9 Å². The minimum atomic E-state index is -1.79. The summed E-state index contributed by atoms with van der Waals surface area (Å²) in [5.74, 6) is -2.69. The lowest BCUT2D eigenvalue weighted by Crippen LogP contribution is -2.23. The van der Waals surface area contributed by atoms with Crippen LogP contribution in [-0.4, -0.2) is 52.4 Å². The smallest absolute Gasteiger partial charge is 0.333 e. The Labute approximate surface area is 104 Å². The first-order valence-corrected chi connectivity index (χ1v) is 5.19. The molecule has 9 heteroatoms. The number of unbranched alkanes of at least 4 members (excludes halogenated alkanes) is 1. The molecule has 0 saturated carbocycles. The highest BCUT2D eigenvalue weighted by atomic mass is 16.4.